The predicted molar refractivity (Wildman–Crippen MR) is 131 cm³/mol. The number of likely N-dealkylation sites (N-methyl/N-ethyl adjacent to an activating group) is 1. The number of carbonyl (C=O) groups is 2. The minimum atomic E-state index is -0.769. The average Bonchev–Trinajstić information content (AvgIpc) is 3.28. The minimum Gasteiger partial charge on any atom is -0.489 e. The number of nitrogens with one attached hydrogen (secondary N) is 2. The molecule has 2 aromatic carbocycles. The van der Waals surface area contributed by atoms with Gasteiger partial charge in [0.25, 0.3) is 5.91 Å². The van der Waals surface area contributed by atoms with E-state index in [-0.39, 0.29) is 12.0 Å². The van der Waals surface area contributed by atoms with Crippen LogP contribution in [0.5, 0.6) is 5.75 Å². The summed E-state index contributed by atoms with van der Waals surface area (Å²) in [4.78, 5) is 25.9. The van der Waals surface area contributed by atoms with Crippen LogP contribution in [0.1, 0.15) is 34.6 Å². The summed E-state index contributed by atoms with van der Waals surface area (Å²) in [6.07, 6.45) is 0.264. The molecule has 8 heteroatoms. The van der Waals surface area contributed by atoms with Crippen LogP contribution in [0, 0.1) is 11.3 Å². The van der Waals surface area contributed by atoms with E-state index >= 15 is 0 Å². The van der Waals surface area contributed by atoms with Crippen LogP contribution in [0.3, 0.4) is 0 Å². The number of ether oxygens (including phenoxy) is 1. The van der Waals surface area contributed by atoms with Crippen LogP contribution in [0.4, 0.5) is 0 Å². The molecule has 1 unspecified atom stereocenters. The van der Waals surface area contributed by atoms with Crippen LogP contribution < -0.4 is 15.4 Å². The number of hydrogen-bond donors (Lipinski definition) is 2. The molecule has 0 saturated heterocycles. The molecule has 1 heterocycles. The van der Waals surface area contributed by atoms with E-state index in [4.69, 9.17) is 16.3 Å². The van der Waals surface area contributed by atoms with Gasteiger partial charge in [-0.2, -0.15) is 5.26 Å². The summed E-state index contributed by atoms with van der Waals surface area (Å²) in [5.41, 5.74) is 3.02. The first-order valence-electron chi connectivity index (χ1n) is 10.4. The second kappa shape index (κ2) is 11.0. The van der Waals surface area contributed by atoms with Gasteiger partial charge in [0.1, 0.15) is 22.7 Å². The molecule has 0 spiro atoms. The van der Waals surface area contributed by atoms with Gasteiger partial charge in [-0.3, -0.25) is 9.59 Å². The summed E-state index contributed by atoms with van der Waals surface area (Å²) in [6.45, 7) is 3.78. The fraction of sp³-hybridized carbons (Fsp3) is 0.240. The highest BCUT2D eigenvalue weighted by molar-refractivity contribution is 7.11. The van der Waals surface area contributed by atoms with Crippen LogP contribution in [-0.4, -0.2) is 31.0 Å². The largest absolute Gasteiger partial charge is 0.489 e. The minimum absolute atomic E-state index is 0.0441. The number of nitriles is 1. The van der Waals surface area contributed by atoms with Crippen LogP contribution in [0.2, 0.25) is 5.02 Å². The normalized spacial score (nSPS) is 11.5. The number of benzene rings is 2. The van der Waals surface area contributed by atoms with Gasteiger partial charge < -0.3 is 15.4 Å². The summed E-state index contributed by atoms with van der Waals surface area (Å²) in [6, 6.07) is 15.7. The monoisotopic (exact) mass is 481 g/mol. The second-order valence-corrected chi connectivity index (χ2v) is 8.95. The molecule has 0 radical (unpaired) electrons. The average molecular weight is 482 g/mol. The summed E-state index contributed by atoms with van der Waals surface area (Å²) in [5.74, 6) is -0.214. The Morgan fingerprint density at radius 1 is 1.15 bits per heavy atom. The first-order chi connectivity index (χ1) is 15.8. The molecule has 3 rings (SSSR count). The molecule has 1 aromatic heterocycles. The number of halogens is 1. The Morgan fingerprint density at radius 2 is 1.88 bits per heavy atom. The number of nitrogens with zero attached hydrogens (tertiary/aromatic N) is 1. The molecule has 3 aromatic rings. The SMILES string of the molecule is CNC(=O)C(Cc1ccc(-c2ccsc2C#N)cc1)NC(=O)c1ccc(OC(C)C)c(Cl)c1. The third kappa shape index (κ3) is 6.13. The van der Waals surface area contributed by atoms with Crippen LogP contribution in [0.25, 0.3) is 11.1 Å². The highest BCUT2D eigenvalue weighted by Gasteiger charge is 2.22. The van der Waals surface area contributed by atoms with E-state index in [0.29, 0.717) is 27.6 Å². The Balaban J connectivity index is 1.74. The third-order valence-corrected chi connectivity index (χ3v) is 6.01. The van der Waals surface area contributed by atoms with Crippen molar-refractivity contribution in [1.29, 1.82) is 5.26 Å². The standard InChI is InChI=1S/C25H24ClN3O3S/c1-15(2)32-22-9-8-18(13-20(22)26)24(30)29-21(25(31)28-3)12-16-4-6-17(7-5-16)19-10-11-33-23(19)14-27/h4-11,13,15,21H,12H2,1-3H3,(H,28,31)(H,29,30). The first-order valence-corrected chi connectivity index (χ1v) is 11.6. The van der Waals surface area contributed by atoms with Crippen molar-refractivity contribution < 1.29 is 14.3 Å². The molecule has 2 amide bonds. The highest BCUT2D eigenvalue weighted by Crippen LogP contribution is 2.28. The third-order valence-electron chi connectivity index (χ3n) is 4.90. The highest BCUT2D eigenvalue weighted by atomic mass is 35.5. The quantitative estimate of drug-likeness (QED) is 0.482. The summed E-state index contributed by atoms with van der Waals surface area (Å²) >= 11 is 7.65. The maximum atomic E-state index is 12.8. The van der Waals surface area contributed by atoms with Gasteiger partial charge in [0.15, 0.2) is 0 Å². The molecule has 0 saturated carbocycles. The summed E-state index contributed by atoms with van der Waals surface area (Å²) < 4.78 is 5.60. The van der Waals surface area contributed by atoms with Crippen molar-refractivity contribution in [2.24, 2.45) is 0 Å². The van der Waals surface area contributed by atoms with Gasteiger partial charge in [-0.25, -0.2) is 0 Å². The predicted octanol–water partition coefficient (Wildman–Crippen LogP) is 4.81. The van der Waals surface area contributed by atoms with E-state index in [9.17, 15) is 14.9 Å². The summed E-state index contributed by atoms with van der Waals surface area (Å²) in [5, 5.41) is 16.8. The molecule has 1 atom stereocenters. The Bertz CT molecular complexity index is 1180. The van der Waals surface area contributed by atoms with Crippen LogP contribution >= 0.6 is 22.9 Å². The van der Waals surface area contributed by atoms with Gasteiger partial charge in [-0.1, -0.05) is 35.9 Å². The lowest BCUT2D eigenvalue weighted by Gasteiger charge is -2.18. The fourth-order valence-corrected chi connectivity index (χ4v) is 4.23. The van der Waals surface area contributed by atoms with Gasteiger partial charge in [-0.15, -0.1) is 11.3 Å². The zero-order chi connectivity index (χ0) is 24.0. The molecule has 2 N–H and O–H groups in total. The van der Waals surface area contributed by atoms with Crippen molar-refractivity contribution in [3.8, 4) is 22.9 Å². The Hall–Kier alpha value is -3.34. The maximum absolute atomic E-state index is 12.8. The molecule has 0 aliphatic rings. The molecule has 6 nitrogen and oxygen atoms in total. The first kappa shape index (κ1) is 24.3. The van der Waals surface area contributed by atoms with Crippen molar-refractivity contribution >= 4 is 34.8 Å². The van der Waals surface area contributed by atoms with E-state index in [1.54, 1.807) is 12.1 Å². The van der Waals surface area contributed by atoms with E-state index in [1.807, 2.05) is 49.6 Å². The molecule has 0 bridgehead atoms. The lowest BCUT2D eigenvalue weighted by Crippen LogP contribution is -2.47. The van der Waals surface area contributed by atoms with Gasteiger partial charge in [0.05, 0.1) is 11.1 Å². The molecule has 33 heavy (non-hydrogen) atoms. The van der Waals surface area contributed by atoms with Crippen molar-refractivity contribution in [2.75, 3.05) is 7.05 Å². The topological polar surface area (TPSA) is 91.2 Å². The molecule has 0 fully saturated rings. The number of amides is 2. The Kier molecular flexibility index (Phi) is 8.10. The maximum Gasteiger partial charge on any atom is 0.251 e. The van der Waals surface area contributed by atoms with Gasteiger partial charge in [0, 0.05) is 24.6 Å². The fourth-order valence-electron chi connectivity index (χ4n) is 3.30. The molecular formula is C25H24ClN3O3S. The van der Waals surface area contributed by atoms with E-state index < -0.39 is 11.9 Å². The van der Waals surface area contributed by atoms with Crippen molar-refractivity contribution in [2.45, 2.75) is 32.4 Å². The number of carbonyl (C=O) groups excluding carboxylic acids is 2. The van der Waals surface area contributed by atoms with Crippen molar-refractivity contribution in [1.82, 2.24) is 10.6 Å². The molecular weight excluding hydrogens is 458 g/mol. The number of thiophene rings is 1. The lowest BCUT2D eigenvalue weighted by atomic mass is 10.0. The Labute approximate surface area is 202 Å². The van der Waals surface area contributed by atoms with Crippen LogP contribution in [-0.2, 0) is 11.2 Å². The smallest absolute Gasteiger partial charge is 0.251 e. The molecule has 0 aliphatic heterocycles. The molecule has 170 valence electrons. The van der Waals surface area contributed by atoms with E-state index in [0.717, 1.165) is 16.7 Å². The van der Waals surface area contributed by atoms with Crippen molar-refractivity contribution in [3.63, 3.8) is 0 Å². The Morgan fingerprint density at radius 3 is 2.48 bits per heavy atom. The second-order valence-electron chi connectivity index (χ2n) is 7.63. The van der Waals surface area contributed by atoms with Crippen molar-refractivity contribution in [3.05, 3.63) is 74.9 Å². The lowest BCUT2D eigenvalue weighted by molar-refractivity contribution is -0.122. The van der Waals surface area contributed by atoms with Gasteiger partial charge >= 0.3 is 0 Å². The van der Waals surface area contributed by atoms with E-state index in [2.05, 4.69) is 16.7 Å². The summed E-state index contributed by atoms with van der Waals surface area (Å²) in [7, 11) is 1.53. The van der Waals surface area contributed by atoms with Gasteiger partial charge in [0.2, 0.25) is 5.91 Å². The zero-order valence-electron chi connectivity index (χ0n) is 18.5. The van der Waals surface area contributed by atoms with Gasteiger partial charge in [-0.05, 0) is 54.6 Å². The molecule has 0 aliphatic carbocycles. The van der Waals surface area contributed by atoms with E-state index in [1.165, 1.54) is 24.5 Å². The number of hydrogen-bond acceptors (Lipinski definition) is 5. The van der Waals surface area contributed by atoms with Crippen LogP contribution in [0.15, 0.2) is 53.9 Å². The zero-order valence-corrected chi connectivity index (χ0v) is 20.1. The number of rotatable bonds is 8.